The molecule has 0 bridgehead atoms. The molecule has 1 saturated heterocycles. The van der Waals surface area contributed by atoms with Crippen molar-refractivity contribution in [2.24, 2.45) is 0 Å². The Labute approximate surface area is 352 Å². The predicted octanol–water partition coefficient (Wildman–Crippen LogP) is 9.12. The number of fused-ring (bicyclic) bond motifs is 2. The molecule has 16 heteroatoms. The first-order chi connectivity index (χ1) is 29.2. The van der Waals surface area contributed by atoms with Crippen molar-refractivity contribution in [2.75, 3.05) is 39.8 Å². The molecule has 0 radical (unpaired) electrons. The third-order valence-electron chi connectivity index (χ3n) is 11.2. The van der Waals surface area contributed by atoms with Gasteiger partial charge < -0.3 is 30.0 Å². The monoisotopic (exact) mass is 842 g/mol. The van der Waals surface area contributed by atoms with Crippen LogP contribution in [-0.4, -0.2) is 87.8 Å². The van der Waals surface area contributed by atoms with Gasteiger partial charge in [0.2, 0.25) is 0 Å². The van der Waals surface area contributed by atoms with Crippen molar-refractivity contribution in [1.82, 2.24) is 34.9 Å². The number of alkyl halides is 2. The van der Waals surface area contributed by atoms with Gasteiger partial charge in [0.25, 0.3) is 12.9 Å². The van der Waals surface area contributed by atoms with Gasteiger partial charge in [-0.25, -0.2) is 23.4 Å². The lowest BCUT2D eigenvalue weighted by Crippen LogP contribution is -2.34. The predicted molar refractivity (Wildman–Crippen MR) is 228 cm³/mol. The molecule has 0 atom stereocenters. The van der Waals surface area contributed by atoms with Gasteiger partial charge in [-0.3, -0.25) is 14.7 Å². The smallest absolute Gasteiger partial charge is 0.297 e. The number of methoxy groups -OCH3 is 2. The van der Waals surface area contributed by atoms with Gasteiger partial charge in [-0.2, -0.15) is 5.10 Å². The van der Waals surface area contributed by atoms with Gasteiger partial charge in [-0.15, -0.1) is 0 Å². The molecule has 3 aromatic heterocycles. The molecule has 1 aliphatic heterocycles. The Kier molecular flexibility index (Phi) is 14.0. The zero-order valence-corrected chi connectivity index (χ0v) is 34.6. The lowest BCUT2D eigenvalue weighted by Gasteiger charge is -2.31. The van der Waals surface area contributed by atoms with Crippen molar-refractivity contribution in [1.29, 1.82) is 0 Å². The maximum Gasteiger partial charge on any atom is 0.297 e. The highest BCUT2D eigenvalue weighted by Crippen LogP contribution is 2.40. The summed E-state index contributed by atoms with van der Waals surface area (Å²) in [5.41, 5.74) is 6.23. The molecular weight excluding hydrogens is 794 g/mol. The van der Waals surface area contributed by atoms with E-state index in [1.165, 1.54) is 19.3 Å². The molecule has 1 aliphatic carbocycles. The summed E-state index contributed by atoms with van der Waals surface area (Å²) in [6, 6.07) is 18.1. The van der Waals surface area contributed by atoms with E-state index in [2.05, 4.69) is 37.5 Å². The van der Waals surface area contributed by atoms with Crippen LogP contribution in [0.25, 0.3) is 38.8 Å². The average Bonchev–Trinajstić information content (AvgIpc) is 3.71. The van der Waals surface area contributed by atoms with E-state index in [1.807, 2.05) is 53.2 Å². The van der Waals surface area contributed by atoms with E-state index in [4.69, 9.17) is 40.8 Å². The molecule has 2 fully saturated rings. The van der Waals surface area contributed by atoms with Crippen LogP contribution in [-0.2, 0) is 22.6 Å². The van der Waals surface area contributed by atoms with Crippen LogP contribution in [0.2, 0.25) is 5.02 Å². The summed E-state index contributed by atoms with van der Waals surface area (Å²) in [7, 11) is 5.42. The SMILES string of the molecule is COc1cc(-n2ncc3c(-c4cccc(Nc5nc(C(F)F)nc6cc(CN(C)C7CCCCC7)cnc56)c4Cl)cccc32)cc(OC)c1CNC1CCOCC1.O=CO. The summed E-state index contributed by atoms with van der Waals surface area (Å²) in [6.07, 6.45) is 8.67. The molecule has 60 heavy (non-hydrogen) atoms. The molecule has 3 aromatic carbocycles. The molecular formula is C44H49ClF2N8O5. The summed E-state index contributed by atoms with van der Waals surface area (Å²) < 4.78 is 47.5. The number of halogens is 3. The number of benzene rings is 3. The van der Waals surface area contributed by atoms with Gasteiger partial charge >= 0.3 is 0 Å². The normalized spacial score (nSPS) is 15.0. The molecule has 0 unspecified atom stereocenters. The molecule has 0 spiro atoms. The fourth-order valence-electron chi connectivity index (χ4n) is 8.16. The van der Waals surface area contributed by atoms with Crippen LogP contribution in [0.1, 0.15) is 68.3 Å². The second kappa shape index (κ2) is 19.7. The van der Waals surface area contributed by atoms with Gasteiger partial charge in [0.15, 0.2) is 11.6 Å². The van der Waals surface area contributed by atoms with E-state index in [0.717, 1.165) is 77.7 Å². The molecule has 13 nitrogen and oxygen atoms in total. The Hall–Kier alpha value is -5.48. The van der Waals surface area contributed by atoms with Crippen molar-refractivity contribution in [3.05, 3.63) is 89.0 Å². The molecule has 2 aliphatic rings. The molecule has 4 heterocycles. The van der Waals surface area contributed by atoms with Gasteiger partial charge in [0.1, 0.15) is 17.0 Å². The fourth-order valence-corrected chi connectivity index (χ4v) is 8.43. The fraction of sp³-hybridized carbons (Fsp3) is 0.386. The zero-order chi connectivity index (χ0) is 42.2. The Morgan fingerprint density at radius 2 is 1.68 bits per heavy atom. The third-order valence-corrected chi connectivity index (χ3v) is 11.6. The number of hydrogen-bond donors (Lipinski definition) is 3. The highest BCUT2D eigenvalue weighted by Gasteiger charge is 2.23. The molecule has 316 valence electrons. The second-order valence-electron chi connectivity index (χ2n) is 14.9. The van der Waals surface area contributed by atoms with E-state index in [9.17, 15) is 8.78 Å². The van der Waals surface area contributed by atoms with Crippen LogP contribution in [0.4, 0.5) is 20.3 Å². The van der Waals surface area contributed by atoms with Crippen LogP contribution in [0.3, 0.4) is 0 Å². The van der Waals surface area contributed by atoms with Crippen molar-refractivity contribution in [3.63, 3.8) is 0 Å². The lowest BCUT2D eigenvalue weighted by atomic mass is 9.94. The molecule has 0 amide bonds. The van der Waals surface area contributed by atoms with E-state index in [1.54, 1.807) is 32.7 Å². The topological polar surface area (TPSA) is 149 Å². The minimum atomic E-state index is -2.87. The van der Waals surface area contributed by atoms with E-state index in [-0.39, 0.29) is 12.3 Å². The maximum atomic E-state index is 14.2. The Balaban J connectivity index is 0.00000176. The quantitative estimate of drug-likeness (QED) is 0.0953. The third kappa shape index (κ3) is 9.44. The van der Waals surface area contributed by atoms with Crippen molar-refractivity contribution in [3.8, 4) is 28.3 Å². The summed E-state index contributed by atoms with van der Waals surface area (Å²) >= 11 is 7.16. The van der Waals surface area contributed by atoms with E-state index in [0.29, 0.717) is 58.4 Å². The largest absolute Gasteiger partial charge is 0.496 e. The number of hydrogen-bond acceptors (Lipinski definition) is 11. The number of carboxylic acid groups (broad SMARTS) is 1. The van der Waals surface area contributed by atoms with Crippen LogP contribution in [0.15, 0.2) is 67.0 Å². The summed E-state index contributed by atoms with van der Waals surface area (Å²) in [5, 5.41) is 19.8. The molecule has 6 aromatic rings. The number of pyridine rings is 1. The minimum Gasteiger partial charge on any atom is -0.496 e. The van der Waals surface area contributed by atoms with Crippen LogP contribution >= 0.6 is 11.6 Å². The van der Waals surface area contributed by atoms with Gasteiger partial charge in [-0.05, 0) is 62.1 Å². The number of anilines is 2. The van der Waals surface area contributed by atoms with Crippen LogP contribution in [0, 0.1) is 0 Å². The lowest BCUT2D eigenvalue weighted by molar-refractivity contribution is -0.122. The standard InChI is InChI=1S/C43H47ClF2N8O3.CH2O2/c1-53(28-9-5-4-6-10-28)25-26-19-35-40(48-22-26)42(52-43(51-35)41(45)46)50-34-13-7-12-31(39(34)44)30-11-8-14-36-32(30)24-49-54(36)29-20-37(55-2)33(38(21-29)56-3)23-47-27-15-17-57-18-16-27;2-1-3/h7-8,11-14,19-22,24,27-28,41,47H,4-6,9-10,15-18,23,25H2,1-3H3,(H,50,51,52);1H,(H,2,3). The minimum absolute atomic E-state index is 0.155. The number of nitrogens with one attached hydrogen (secondary N) is 2. The van der Waals surface area contributed by atoms with Crippen LogP contribution < -0.4 is 20.1 Å². The van der Waals surface area contributed by atoms with E-state index >= 15 is 0 Å². The first-order valence-electron chi connectivity index (χ1n) is 20.0. The van der Waals surface area contributed by atoms with Gasteiger partial charge in [0.05, 0.1) is 53.4 Å². The number of rotatable bonds is 13. The van der Waals surface area contributed by atoms with E-state index < -0.39 is 12.2 Å². The number of nitrogens with zero attached hydrogens (tertiary/aromatic N) is 6. The highest BCUT2D eigenvalue weighted by atomic mass is 35.5. The first-order valence-corrected chi connectivity index (χ1v) is 20.4. The summed E-state index contributed by atoms with van der Waals surface area (Å²) in [4.78, 5) is 23.8. The van der Waals surface area contributed by atoms with Crippen molar-refractivity contribution in [2.45, 2.75) is 76.5 Å². The number of ether oxygens (including phenoxy) is 3. The molecule has 1 saturated carbocycles. The van der Waals surface area contributed by atoms with Crippen molar-refractivity contribution >= 4 is 51.5 Å². The van der Waals surface area contributed by atoms with Crippen LogP contribution in [0.5, 0.6) is 11.5 Å². The summed E-state index contributed by atoms with van der Waals surface area (Å²) in [6.45, 7) is 2.50. The summed E-state index contributed by atoms with van der Waals surface area (Å²) in [5.74, 6) is 0.957. The van der Waals surface area contributed by atoms with Crippen molar-refractivity contribution < 1.29 is 32.9 Å². The number of carbonyl (C=O) groups is 1. The molecule has 3 N–H and O–H groups in total. The van der Waals surface area contributed by atoms with Gasteiger partial charge in [0, 0.05) is 67.7 Å². The Morgan fingerprint density at radius 1 is 0.983 bits per heavy atom. The first kappa shape index (κ1) is 42.6. The Bertz CT molecular complexity index is 2400. The average molecular weight is 843 g/mol. The highest BCUT2D eigenvalue weighted by molar-refractivity contribution is 6.36. The zero-order valence-electron chi connectivity index (χ0n) is 33.8. The number of aromatic nitrogens is 5. The van der Waals surface area contributed by atoms with Gasteiger partial charge in [-0.1, -0.05) is 55.1 Å². The molecule has 8 rings (SSSR count). The second-order valence-corrected chi connectivity index (χ2v) is 15.3. The Morgan fingerprint density at radius 3 is 2.38 bits per heavy atom. The maximum absolute atomic E-state index is 14.2.